The summed E-state index contributed by atoms with van der Waals surface area (Å²) >= 11 is 0. The average Bonchev–Trinajstić information content (AvgIpc) is 2.61. The number of hydrogen-bond donors (Lipinski definition) is 0. The second-order valence-electron chi connectivity index (χ2n) is 6.10. The zero-order valence-corrected chi connectivity index (χ0v) is 13.8. The molecule has 0 fully saturated rings. The first-order valence-corrected chi connectivity index (χ1v) is 8.13. The summed E-state index contributed by atoms with van der Waals surface area (Å²) in [5.41, 5.74) is 8.16. The maximum atomic E-state index is 4.87. The van der Waals surface area contributed by atoms with Crippen molar-refractivity contribution in [1.29, 1.82) is 0 Å². The van der Waals surface area contributed by atoms with Crippen LogP contribution in [0, 0.1) is 13.8 Å². The van der Waals surface area contributed by atoms with E-state index in [1.165, 1.54) is 5.56 Å². The van der Waals surface area contributed by atoms with Gasteiger partial charge in [0.2, 0.25) is 0 Å². The van der Waals surface area contributed by atoms with Gasteiger partial charge in [0.1, 0.15) is 0 Å². The molecule has 0 spiro atoms. The molecule has 2 aromatic carbocycles. The van der Waals surface area contributed by atoms with Crippen LogP contribution >= 0.6 is 0 Å². The summed E-state index contributed by atoms with van der Waals surface area (Å²) in [6.45, 7) is 4.03. The fraction of sp³-hybridized carbons (Fsp3) is 0.200. The van der Waals surface area contributed by atoms with E-state index in [2.05, 4.69) is 29.0 Å². The summed E-state index contributed by atoms with van der Waals surface area (Å²) in [5.74, 6) is 0. The maximum Gasteiger partial charge on any atom is 0.0929 e. The number of benzene rings is 2. The third-order valence-electron chi connectivity index (χ3n) is 4.27. The topological polar surface area (TPSA) is 51.6 Å². The van der Waals surface area contributed by atoms with Crippen LogP contribution in [0.2, 0.25) is 0 Å². The Bertz CT molecular complexity index is 1020. The first-order valence-electron chi connectivity index (χ1n) is 8.13. The van der Waals surface area contributed by atoms with E-state index in [4.69, 9.17) is 9.97 Å². The molecule has 0 unspecified atom stereocenters. The largest absolute Gasteiger partial charge is 0.258 e. The van der Waals surface area contributed by atoms with E-state index >= 15 is 0 Å². The molecule has 0 aliphatic carbocycles. The number of hydrogen-bond acceptors (Lipinski definition) is 4. The molecule has 4 heteroatoms. The molecule has 0 saturated carbocycles. The normalized spacial score (nSPS) is 11.2. The van der Waals surface area contributed by atoms with Gasteiger partial charge >= 0.3 is 0 Å². The van der Waals surface area contributed by atoms with Crippen molar-refractivity contribution in [1.82, 2.24) is 19.9 Å². The summed E-state index contributed by atoms with van der Waals surface area (Å²) in [6, 6.07) is 12.3. The SMILES string of the molecule is Cc1cnc(CCc2ccc(C)c3nc4ccccc4nc23)cn1. The van der Waals surface area contributed by atoms with Gasteiger partial charge in [-0.1, -0.05) is 24.3 Å². The highest BCUT2D eigenvalue weighted by atomic mass is 14.8. The minimum atomic E-state index is 0.847. The second-order valence-corrected chi connectivity index (χ2v) is 6.10. The number of rotatable bonds is 3. The molecule has 4 aromatic rings. The van der Waals surface area contributed by atoms with Gasteiger partial charge in [-0.15, -0.1) is 0 Å². The van der Waals surface area contributed by atoms with E-state index in [-0.39, 0.29) is 0 Å². The van der Waals surface area contributed by atoms with E-state index in [1.807, 2.05) is 43.6 Å². The molecule has 0 bridgehead atoms. The zero-order valence-electron chi connectivity index (χ0n) is 13.8. The smallest absolute Gasteiger partial charge is 0.0929 e. The summed E-state index contributed by atoms with van der Waals surface area (Å²) in [5, 5.41) is 0. The second kappa shape index (κ2) is 5.96. The lowest BCUT2D eigenvalue weighted by molar-refractivity contribution is 0.893. The van der Waals surface area contributed by atoms with Crippen LogP contribution in [0.15, 0.2) is 48.8 Å². The number of nitrogens with zero attached hydrogens (tertiary/aromatic N) is 4. The van der Waals surface area contributed by atoms with Gasteiger partial charge in [0, 0.05) is 12.4 Å². The van der Waals surface area contributed by atoms with Crippen LogP contribution in [0.5, 0.6) is 0 Å². The van der Waals surface area contributed by atoms with E-state index in [9.17, 15) is 0 Å². The molecule has 0 saturated heterocycles. The number of aromatic nitrogens is 4. The van der Waals surface area contributed by atoms with Gasteiger partial charge in [0.15, 0.2) is 0 Å². The fourth-order valence-corrected chi connectivity index (χ4v) is 2.90. The summed E-state index contributed by atoms with van der Waals surface area (Å²) in [4.78, 5) is 18.4. The van der Waals surface area contributed by atoms with Crippen LogP contribution in [0.4, 0.5) is 0 Å². The molecule has 4 nitrogen and oxygen atoms in total. The van der Waals surface area contributed by atoms with Gasteiger partial charge in [-0.05, 0) is 49.9 Å². The van der Waals surface area contributed by atoms with Crippen molar-refractivity contribution < 1.29 is 0 Å². The molecule has 24 heavy (non-hydrogen) atoms. The van der Waals surface area contributed by atoms with Crippen molar-refractivity contribution in [2.24, 2.45) is 0 Å². The Kier molecular flexibility index (Phi) is 3.65. The Morgan fingerprint density at radius 1 is 0.750 bits per heavy atom. The van der Waals surface area contributed by atoms with Gasteiger partial charge in [0.25, 0.3) is 0 Å². The van der Waals surface area contributed by atoms with Crippen LogP contribution in [0.25, 0.3) is 22.1 Å². The number of para-hydroxylation sites is 2. The van der Waals surface area contributed by atoms with Crippen molar-refractivity contribution in [3.05, 3.63) is 71.3 Å². The Morgan fingerprint density at radius 2 is 1.50 bits per heavy atom. The lowest BCUT2D eigenvalue weighted by atomic mass is 10.0. The average molecular weight is 314 g/mol. The minimum Gasteiger partial charge on any atom is -0.258 e. The Hall–Kier alpha value is -2.88. The lowest BCUT2D eigenvalue weighted by Gasteiger charge is -2.09. The zero-order chi connectivity index (χ0) is 16.5. The van der Waals surface area contributed by atoms with Crippen LogP contribution in [-0.2, 0) is 12.8 Å². The maximum absolute atomic E-state index is 4.87. The first kappa shape index (κ1) is 14.7. The summed E-state index contributed by atoms with van der Waals surface area (Å²) in [7, 11) is 0. The van der Waals surface area contributed by atoms with Crippen molar-refractivity contribution >= 4 is 22.1 Å². The van der Waals surface area contributed by atoms with E-state index in [0.29, 0.717) is 0 Å². The van der Waals surface area contributed by atoms with Crippen LogP contribution < -0.4 is 0 Å². The van der Waals surface area contributed by atoms with Crippen LogP contribution in [0.3, 0.4) is 0 Å². The van der Waals surface area contributed by atoms with Gasteiger partial charge in [-0.2, -0.15) is 0 Å². The molecular formula is C20H18N4. The highest BCUT2D eigenvalue weighted by molar-refractivity contribution is 5.89. The standard InChI is InChI=1S/C20H18N4/c1-13-7-8-15(9-10-16-12-21-14(2)11-22-16)20-19(13)23-17-5-3-4-6-18(17)24-20/h3-8,11-12H,9-10H2,1-2H3. The van der Waals surface area contributed by atoms with Crippen molar-refractivity contribution in [3.63, 3.8) is 0 Å². The van der Waals surface area contributed by atoms with Gasteiger partial charge in [-0.25, -0.2) is 9.97 Å². The molecule has 0 radical (unpaired) electrons. The number of aryl methyl sites for hydroxylation is 4. The Morgan fingerprint density at radius 3 is 2.21 bits per heavy atom. The minimum absolute atomic E-state index is 0.847. The monoisotopic (exact) mass is 314 g/mol. The highest BCUT2D eigenvalue weighted by Gasteiger charge is 2.09. The van der Waals surface area contributed by atoms with Gasteiger partial charge < -0.3 is 0 Å². The molecule has 4 rings (SSSR count). The summed E-state index contributed by atoms with van der Waals surface area (Å²) < 4.78 is 0. The molecule has 2 heterocycles. The molecule has 0 N–H and O–H groups in total. The fourth-order valence-electron chi connectivity index (χ4n) is 2.90. The van der Waals surface area contributed by atoms with Gasteiger partial charge in [-0.3, -0.25) is 9.97 Å². The van der Waals surface area contributed by atoms with Crippen molar-refractivity contribution in [3.8, 4) is 0 Å². The molecule has 0 aliphatic rings. The third-order valence-corrected chi connectivity index (χ3v) is 4.27. The van der Waals surface area contributed by atoms with Gasteiger partial charge in [0.05, 0.1) is 33.5 Å². The van der Waals surface area contributed by atoms with Crippen LogP contribution in [-0.4, -0.2) is 19.9 Å². The van der Waals surface area contributed by atoms with E-state index in [0.717, 1.165) is 51.9 Å². The molecule has 0 aliphatic heterocycles. The predicted molar refractivity (Wildman–Crippen MR) is 96.0 cm³/mol. The third kappa shape index (κ3) is 2.71. The molecule has 2 aromatic heterocycles. The lowest BCUT2D eigenvalue weighted by Crippen LogP contribution is -1.99. The molecular weight excluding hydrogens is 296 g/mol. The predicted octanol–water partition coefficient (Wildman–Crippen LogP) is 3.98. The van der Waals surface area contributed by atoms with Crippen molar-refractivity contribution in [2.75, 3.05) is 0 Å². The van der Waals surface area contributed by atoms with Crippen molar-refractivity contribution in [2.45, 2.75) is 26.7 Å². The first-order chi connectivity index (χ1) is 11.7. The van der Waals surface area contributed by atoms with Crippen LogP contribution in [0.1, 0.15) is 22.5 Å². The Balaban J connectivity index is 1.75. The Labute approximate surface area is 140 Å². The van der Waals surface area contributed by atoms with E-state index in [1.54, 1.807) is 0 Å². The quantitative estimate of drug-likeness (QED) is 0.537. The number of fused-ring (bicyclic) bond motifs is 2. The molecule has 0 atom stereocenters. The molecule has 0 amide bonds. The van der Waals surface area contributed by atoms with E-state index < -0.39 is 0 Å². The highest BCUT2D eigenvalue weighted by Crippen LogP contribution is 2.23. The molecule has 118 valence electrons. The summed E-state index contributed by atoms with van der Waals surface area (Å²) in [6.07, 6.45) is 5.39.